The predicted molar refractivity (Wildman–Crippen MR) is 136 cm³/mol. The van der Waals surface area contributed by atoms with Crippen molar-refractivity contribution in [2.75, 3.05) is 24.6 Å². The highest BCUT2D eigenvalue weighted by atomic mass is 16.5. The average Bonchev–Trinajstić information content (AvgIpc) is 3.33. The molecule has 0 unspecified atom stereocenters. The Kier molecular flexibility index (Phi) is 6.53. The number of nitriles is 1. The van der Waals surface area contributed by atoms with Crippen LogP contribution in [0.25, 0.3) is 16.6 Å². The average molecular weight is 479 g/mol. The summed E-state index contributed by atoms with van der Waals surface area (Å²) in [5.41, 5.74) is 3.02. The van der Waals surface area contributed by atoms with E-state index >= 15 is 0 Å². The van der Waals surface area contributed by atoms with Gasteiger partial charge in [-0.1, -0.05) is 12.0 Å². The van der Waals surface area contributed by atoms with Gasteiger partial charge >= 0.3 is 0 Å². The lowest BCUT2D eigenvalue weighted by Crippen LogP contribution is -2.46. The molecule has 36 heavy (non-hydrogen) atoms. The van der Waals surface area contributed by atoms with E-state index in [0.29, 0.717) is 49.2 Å². The summed E-state index contributed by atoms with van der Waals surface area (Å²) >= 11 is 0. The zero-order valence-corrected chi connectivity index (χ0v) is 20.1. The highest BCUT2D eigenvalue weighted by Crippen LogP contribution is 2.32. The zero-order valence-electron chi connectivity index (χ0n) is 20.1. The molecule has 1 N–H and O–H groups in total. The van der Waals surface area contributed by atoms with Gasteiger partial charge in [0.05, 0.1) is 29.1 Å². The van der Waals surface area contributed by atoms with Gasteiger partial charge in [0.25, 0.3) is 0 Å². The molecule has 8 heteroatoms. The second-order valence-electron chi connectivity index (χ2n) is 8.88. The lowest BCUT2D eigenvalue weighted by molar-refractivity contribution is 0.0156. The Morgan fingerprint density at radius 1 is 1.14 bits per heavy atom. The van der Waals surface area contributed by atoms with Crippen LogP contribution in [0.15, 0.2) is 61.2 Å². The minimum atomic E-state index is -0.755. The number of hydrogen-bond donors (Lipinski definition) is 1. The standard InChI is InChI=1S/C28H26N6O2/c1-2-3-14-36-24-15-25(27-22(17-29)19-32-34(27)20-24)21-7-8-26(31-18-21)33-12-9-28(35,10-13-33)16-23-6-4-5-11-30-23/h4-8,11,15,18-20,35H,9-10,12-14,16H2,1H3. The van der Waals surface area contributed by atoms with Crippen LogP contribution in [0, 0.1) is 23.2 Å². The largest absolute Gasteiger partial charge is 0.479 e. The van der Waals surface area contributed by atoms with E-state index in [4.69, 9.17) is 9.72 Å². The summed E-state index contributed by atoms with van der Waals surface area (Å²) in [5.74, 6) is 7.17. The molecular formula is C28H26N6O2. The fourth-order valence-corrected chi connectivity index (χ4v) is 4.57. The SMILES string of the molecule is CC#CCOc1cc(-c2ccc(N3CCC(O)(Cc4ccccn4)CC3)nc2)c2c(C#N)cnn2c1. The predicted octanol–water partition coefficient (Wildman–Crippen LogP) is 3.64. The minimum Gasteiger partial charge on any atom is -0.479 e. The molecule has 0 bridgehead atoms. The molecule has 1 aliphatic heterocycles. The fraction of sp³-hybridized carbons (Fsp3) is 0.286. The molecule has 5 rings (SSSR count). The summed E-state index contributed by atoms with van der Waals surface area (Å²) in [5, 5.41) is 25.0. The third-order valence-corrected chi connectivity index (χ3v) is 6.51. The lowest BCUT2D eigenvalue weighted by atomic mass is 9.87. The van der Waals surface area contributed by atoms with Crippen molar-refractivity contribution in [1.29, 1.82) is 5.26 Å². The number of fused-ring (bicyclic) bond motifs is 1. The molecule has 1 fully saturated rings. The van der Waals surface area contributed by atoms with Crippen LogP contribution in [0.1, 0.15) is 31.0 Å². The second-order valence-corrected chi connectivity index (χ2v) is 8.88. The van der Waals surface area contributed by atoms with Crippen LogP contribution in [-0.4, -0.2) is 50.0 Å². The number of piperidine rings is 1. The van der Waals surface area contributed by atoms with E-state index in [1.807, 2.05) is 42.6 Å². The van der Waals surface area contributed by atoms with Crippen LogP contribution in [0.4, 0.5) is 5.82 Å². The number of ether oxygens (including phenoxy) is 1. The highest BCUT2D eigenvalue weighted by molar-refractivity contribution is 5.85. The molecule has 0 aliphatic carbocycles. The molecule has 0 aromatic carbocycles. The van der Waals surface area contributed by atoms with E-state index in [9.17, 15) is 10.4 Å². The summed E-state index contributed by atoms with van der Waals surface area (Å²) in [6, 6.07) is 13.9. The van der Waals surface area contributed by atoms with E-state index in [1.54, 1.807) is 30.0 Å². The Labute approximate surface area is 209 Å². The van der Waals surface area contributed by atoms with Crippen LogP contribution in [0.5, 0.6) is 5.75 Å². The molecule has 180 valence electrons. The molecule has 4 aromatic heterocycles. The molecule has 0 atom stereocenters. The van der Waals surface area contributed by atoms with Crippen LogP contribution in [0.2, 0.25) is 0 Å². The molecule has 8 nitrogen and oxygen atoms in total. The molecular weight excluding hydrogens is 452 g/mol. The molecule has 1 aliphatic rings. The van der Waals surface area contributed by atoms with Crippen molar-refractivity contribution in [2.45, 2.75) is 31.8 Å². The van der Waals surface area contributed by atoms with Crippen molar-refractivity contribution >= 4 is 11.3 Å². The first kappa shape index (κ1) is 23.3. The third-order valence-electron chi connectivity index (χ3n) is 6.51. The van der Waals surface area contributed by atoms with E-state index < -0.39 is 5.60 Å². The topological polar surface area (TPSA) is 99.6 Å². The Bertz CT molecular complexity index is 1450. The summed E-state index contributed by atoms with van der Waals surface area (Å²) in [7, 11) is 0. The van der Waals surface area contributed by atoms with Crippen molar-refractivity contribution in [3.05, 3.63) is 72.4 Å². The van der Waals surface area contributed by atoms with Gasteiger partial charge in [0.2, 0.25) is 0 Å². The monoisotopic (exact) mass is 478 g/mol. The maximum atomic E-state index is 11.1. The molecule has 5 heterocycles. The van der Waals surface area contributed by atoms with Crippen molar-refractivity contribution in [3.8, 4) is 34.8 Å². The van der Waals surface area contributed by atoms with E-state index in [2.05, 4.69) is 32.9 Å². The molecule has 0 saturated carbocycles. The lowest BCUT2D eigenvalue weighted by Gasteiger charge is -2.38. The van der Waals surface area contributed by atoms with E-state index in [1.165, 1.54) is 0 Å². The van der Waals surface area contributed by atoms with Crippen LogP contribution in [-0.2, 0) is 6.42 Å². The highest BCUT2D eigenvalue weighted by Gasteiger charge is 2.33. The first-order valence-corrected chi connectivity index (χ1v) is 11.9. The molecule has 0 amide bonds. The van der Waals surface area contributed by atoms with Gasteiger partial charge < -0.3 is 14.7 Å². The third kappa shape index (κ3) is 4.86. The van der Waals surface area contributed by atoms with Crippen LogP contribution in [0.3, 0.4) is 0 Å². The van der Waals surface area contributed by atoms with Gasteiger partial charge in [0.15, 0.2) is 0 Å². The molecule has 0 radical (unpaired) electrons. The number of rotatable bonds is 6. The van der Waals surface area contributed by atoms with Crippen LogP contribution < -0.4 is 9.64 Å². The second kappa shape index (κ2) is 10.1. The van der Waals surface area contributed by atoms with Gasteiger partial charge in [-0.15, -0.1) is 5.92 Å². The summed E-state index contributed by atoms with van der Waals surface area (Å²) in [6.07, 6.45) is 8.72. The van der Waals surface area contributed by atoms with Crippen molar-refractivity contribution < 1.29 is 9.84 Å². The quantitative estimate of drug-likeness (QED) is 0.422. The molecule has 0 spiro atoms. The molecule has 4 aromatic rings. The first-order valence-electron chi connectivity index (χ1n) is 11.9. The number of anilines is 1. The number of aromatic nitrogens is 4. The van der Waals surface area contributed by atoms with Gasteiger partial charge in [-0.3, -0.25) is 4.98 Å². The van der Waals surface area contributed by atoms with Gasteiger partial charge in [0, 0.05) is 48.7 Å². The molecule has 1 saturated heterocycles. The Balaban J connectivity index is 1.35. The number of hydrogen-bond acceptors (Lipinski definition) is 7. The van der Waals surface area contributed by atoms with Crippen LogP contribution >= 0.6 is 0 Å². The maximum Gasteiger partial charge on any atom is 0.149 e. The fourth-order valence-electron chi connectivity index (χ4n) is 4.57. The smallest absolute Gasteiger partial charge is 0.149 e. The Hall–Kier alpha value is -4.40. The number of nitrogens with zero attached hydrogens (tertiary/aromatic N) is 6. The maximum absolute atomic E-state index is 11.1. The van der Waals surface area contributed by atoms with E-state index in [0.717, 1.165) is 22.6 Å². The summed E-state index contributed by atoms with van der Waals surface area (Å²) in [6.45, 7) is 3.46. The van der Waals surface area contributed by atoms with E-state index in [-0.39, 0.29) is 6.61 Å². The van der Waals surface area contributed by atoms with Crippen molar-refractivity contribution in [2.24, 2.45) is 0 Å². The van der Waals surface area contributed by atoms with Gasteiger partial charge in [-0.2, -0.15) is 10.4 Å². The normalized spacial score (nSPS) is 14.6. The van der Waals surface area contributed by atoms with Crippen molar-refractivity contribution in [3.63, 3.8) is 0 Å². The van der Waals surface area contributed by atoms with Crippen molar-refractivity contribution in [1.82, 2.24) is 19.6 Å². The number of pyridine rings is 3. The Morgan fingerprint density at radius 2 is 2.00 bits per heavy atom. The van der Waals surface area contributed by atoms with Gasteiger partial charge in [0.1, 0.15) is 24.2 Å². The minimum absolute atomic E-state index is 0.270. The Morgan fingerprint density at radius 3 is 2.69 bits per heavy atom. The summed E-state index contributed by atoms with van der Waals surface area (Å²) < 4.78 is 7.42. The summed E-state index contributed by atoms with van der Waals surface area (Å²) in [4.78, 5) is 11.3. The number of aliphatic hydroxyl groups is 1. The van der Waals surface area contributed by atoms with Gasteiger partial charge in [-0.25, -0.2) is 9.50 Å². The first-order chi connectivity index (χ1) is 17.6. The van der Waals surface area contributed by atoms with Gasteiger partial charge in [-0.05, 0) is 50.1 Å². The zero-order chi connectivity index (χ0) is 25.0.